The number of ether oxygens (including phenoxy) is 2. The summed E-state index contributed by atoms with van der Waals surface area (Å²) in [6, 6.07) is 5.42. The summed E-state index contributed by atoms with van der Waals surface area (Å²) in [6.07, 6.45) is 0. The lowest BCUT2D eigenvalue weighted by molar-refractivity contribution is -0.158. The Balaban J connectivity index is 2.89. The molecule has 0 aromatic heterocycles. The molecule has 0 heterocycles. The van der Waals surface area contributed by atoms with Crippen molar-refractivity contribution < 1.29 is 14.3 Å². The molecule has 17 heavy (non-hydrogen) atoms. The number of carbonyl (C=O) groups excluding carboxylic acids is 1. The molecule has 1 aromatic rings. The first-order chi connectivity index (χ1) is 7.86. The Bertz CT molecular complexity index is 413. The van der Waals surface area contributed by atoms with Crippen LogP contribution in [-0.2, 0) is 9.53 Å². The van der Waals surface area contributed by atoms with E-state index in [0.29, 0.717) is 17.4 Å². The third-order valence-corrected chi connectivity index (χ3v) is 2.53. The van der Waals surface area contributed by atoms with E-state index in [4.69, 9.17) is 21.1 Å². The third kappa shape index (κ3) is 3.63. The van der Waals surface area contributed by atoms with Gasteiger partial charge in [-0.15, -0.1) is 0 Å². The highest BCUT2D eigenvalue weighted by molar-refractivity contribution is 6.32. The lowest BCUT2D eigenvalue weighted by Crippen LogP contribution is -2.39. The fourth-order valence-corrected chi connectivity index (χ4v) is 1.47. The summed E-state index contributed by atoms with van der Waals surface area (Å²) in [5, 5.41) is 0.480. The first kappa shape index (κ1) is 13.8. The van der Waals surface area contributed by atoms with E-state index in [1.807, 2.05) is 13.0 Å². The van der Waals surface area contributed by atoms with Gasteiger partial charge in [-0.25, -0.2) is 4.79 Å². The molecule has 0 N–H and O–H groups in total. The Hall–Kier alpha value is -1.22. The second-order valence-electron chi connectivity index (χ2n) is 4.27. The molecule has 0 fully saturated rings. The zero-order valence-electron chi connectivity index (χ0n) is 10.5. The number of benzene rings is 1. The molecule has 0 atom stereocenters. The SMILES string of the molecule is CCOC(=O)C(C)(C)Oc1cc(C)ccc1Cl. The molecule has 0 aliphatic heterocycles. The highest BCUT2D eigenvalue weighted by Crippen LogP contribution is 2.29. The van der Waals surface area contributed by atoms with Gasteiger partial charge in [0.1, 0.15) is 5.75 Å². The fraction of sp³-hybridized carbons (Fsp3) is 0.462. The van der Waals surface area contributed by atoms with Gasteiger partial charge < -0.3 is 9.47 Å². The predicted octanol–water partition coefficient (Wildman–Crippen LogP) is 3.37. The number of halogens is 1. The molecule has 0 aliphatic carbocycles. The number of hydrogen-bond donors (Lipinski definition) is 0. The van der Waals surface area contributed by atoms with E-state index >= 15 is 0 Å². The van der Waals surface area contributed by atoms with Crippen molar-refractivity contribution in [1.82, 2.24) is 0 Å². The Morgan fingerprint density at radius 2 is 2.06 bits per heavy atom. The molecule has 3 nitrogen and oxygen atoms in total. The first-order valence-electron chi connectivity index (χ1n) is 5.49. The van der Waals surface area contributed by atoms with Crippen LogP contribution >= 0.6 is 11.6 Å². The van der Waals surface area contributed by atoms with Gasteiger partial charge in [0.25, 0.3) is 0 Å². The van der Waals surface area contributed by atoms with Gasteiger partial charge in [-0.05, 0) is 45.4 Å². The van der Waals surface area contributed by atoms with Crippen molar-refractivity contribution in [3.05, 3.63) is 28.8 Å². The monoisotopic (exact) mass is 256 g/mol. The maximum Gasteiger partial charge on any atom is 0.349 e. The molecule has 1 aromatic carbocycles. The van der Waals surface area contributed by atoms with Crippen LogP contribution in [0, 0.1) is 6.92 Å². The van der Waals surface area contributed by atoms with Gasteiger partial charge >= 0.3 is 5.97 Å². The van der Waals surface area contributed by atoms with Crippen LogP contribution < -0.4 is 4.74 Å². The smallest absolute Gasteiger partial charge is 0.349 e. The van der Waals surface area contributed by atoms with Crippen LogP contribution in [0.2, 0.25) is 5.02 Å². The quantitative estimate of drug-likeness (QED) is 0.775. The molecule has 0 unspecified atom stereocenters. The number of esters is 1. The molecule has 0 bridgehead atoms. The number of aryl methyl sites for hydroxylation is 1. The lowest BCUT2D eigenvalue weighted by Gasteiger charge is -2.24. The van der Waals surface area contributed by atoms with Gasteiger partial charge in [-0.3, -0.25) is 0 Å². The topological polar surface area (TPSA) is 35.5 Å². The van der Waals surface area contributed by atoms with E-state index in [0.717, 1.165) is 5.56 Å². The zero-order chi connectivity index (χ0) is 13.1. The average Bonchev–Trinajstić information content (AvgIpc) is 2.23. The minimum atomic E-state index is -1.05. The van der Waals surface area contributed by atoms with Crippen LogP contribution in [0.4, 0.5) is 0 Å². The van der Waals surface area contributed by atoms with Crippen molar-refractivity contribution >= 4 is 17.6 Å². The summed E-state index contributed by atoms with van der Waals surface area (Å²) < 4.78 is 10.6. The molecule has 0 amide bonds. The Morgan fingerprint density at radius 3 is 2.65 bits per heavy atom. The van der Waals surface area contributed by atoms with Crippen LogP contribution in [0.3, 0.4) is 0 Å². The largest absolute Gasteiger partial charge is 0.475 e. The molecule has 4 heteroatoms. The van der Waals surface area contributed by atoms with Gasteiger partial charge in [0, 0.05) is 0 Å². The normalized spacial score (nSPS) is 11.1. The Morgan fingerprint density at radius 1 is 1.41 bits per heavy atom. The van der Waals surface area contributed by atoms with E-state index < -0.39 is 11.6 Å². The van der Waals surface area contributed by atoms with Crippen molar-refractivity contribution in [2.75, 3.05) is 6.61 Å². The van der Waals surface area contributed by atoms with Crippen LogP contribution in [0.15, 0.2) is 18.2 Å². The minimum Gasteiger partial charge on any atom is -0.475 e. The fourth-order valence-electron chi connectivity index (χ4n) is 1.31. The number of rotatable bonds is 4. The molecule has 0 aliphatic rings. The van der Waals surface area contributed by atoms with E-state index in [1.165, 1.54) is 0 Å². The summed E-state index contributed by atoms with van der Waals surface area (Å²) in [7, 11) is 0. The predicted molar refractivity (Wildman–Crippen MR) is 67.5 cm³/mol. The molecule has 1 rings (SSSR count). The maximum atomic E-state index is 11.7. The second-order valence-corrected chi connectivity index (χ2v) is 4.67. The molecule has 0 radical (unpaired) electrons. The Labute approximate surface area is 107 Å². The molecule has 0 saturated carbocycles. The standard InChI is InChI=1S/C13H17ClO3/c1-5-16-12(15)13(3,4)17-11-8-9(2)6-7-10(11)14/h6-8H,5H2,1-4H3. The Kier molecular flexibility index (Phi) is 4.40. The zero-order valence-corrected chi connectivity index (χ0v) is 11.3. The van der Waals surface area contributed by atoms with Gasteiger partial charge in [0.15, 0.2) is 5.60 Å². The summed E-state index contributed by atoms with van der Waals surface area (Å²) >= 11 is 6.01. The molecule has 0 spiro atoms. The van der Waals surface area contributed by atoms with Gasteiger partial charge in [0.2, 0.25) is 0 Å². The summed E-state index contributed by atoms with van der Waals surface area (Å²) in [6.45, 7) is 7.33. The van der Waals surface area contributed by atoms with Crippen molar-refractivity contribution in [1.29, 1.82) is 0 Å². The summed E-state index contributed by atoms with van der Waals surface area (Å²) in [5.74, 6) is 0.0855. The summed E-state index contributed by atoms with van der Waals surface area (Å²) in [4.78, 5) is 11.7. The van der Waals surface area contributed by atoms with E-state index in [9.17, 15) is 4.79 Å². The molecular formula is C13H17ClO3. The van der Waals surface area contributed by atoms with Crippen molar-refractivity contribution in [2.24, 2.45) is 0 Å². The van der Waals surface area contributed by atoms with Crippen LogP contribution in [0.5, 0.6) is 5.75 Å². The van der Waals surface area contributed by atoms with Crippen LogP contribution in [0.25, 0.3) is 0 Å². The maximum absolute atomic E-state index is 11.7. The highest BCUT2D eigenvalue weighted by Gasteiger charge is 2.32. The van der Waals surface area contributed by atoms with E-state index in [1.54, 1.807) is 32.9 Å². The lowest BCUT2D eigenvalue weighted by atomic mass is 10.1. The van der Waals surface area contributed by atoms with Crippen molar-refractivity contribution in [2.45, 2.75) is 33.3 Å². The molecular weight excluding hydrogens is 240 g/mol. The second kappa shape index (κ2) is 5.41. The molecule has 0 saturated heterocycles. The van der Waals surface area contributed by atoms with E-state index in [-0.39, 0.29) is 0 Å². The number of carbonyl (C=O) groups is 1. The highest BCUT2D eigenvalue weighted by atomic mass is 35.5. The number of hydrogen-bond acceptors (Lipinski definition) is 3. The first-order valence-corrected chi connectivity index (χ1v) is 5.87. The average molecular weight is 257 g/mol. The summed E-state index contributed by atoms with van der Waals surface area (Å²) in [5.41, 5.74) is -0.0305. The van der Waals surface area contributed by atoms with E-state index in [2.05, 4.69) is 0 Å². The van der Waals surface area contributed by atoms with Crippen LogP contribution in [0.1, 0.15) is 26.3 Å². The third-order valence-electron chi connectivity index (χ3n) is 2.22. The van der Waals surface area contributed by atoms with Crippen molar-refractivity contribution in [3.8, 4) is 5.75 Å². The minimum absolute atomic E-state index is 0.327. The molecule has 94 valence electrons. The van der Waals surface area contributed by atoms with Gasteiger partial charge in [0.05, 0.1) is 11.6 Å². The van der Waals surface area contributed by atoms with Gasteiger partial charge in [-0.1, -0.05) is 17.7 Å². The van der Waals surface area contributed by atoms with Crippen molar-refractivity contribution in [3.63, 3.8) is 0 Å². The van der Waals surface area contributed by atoms with Gasteiger partial charge in [-0.2, -0.15) is 0 Å². The van der Waals surface area contributed by atoms with Crippen LogP contribution in [-0.4, -0.2) is 18.2 Å².